The van der Waals surface area contributed by atoms with Gasteiger partial charge in [-0.3, -0.25) is 0 Å². The Labute approximate surface area is 108 Å². The second-order valence-electron chi connectivity index (χ2n) is 5.45. The third-order valence-corrected chi connectivity index (χ3v) is 4.17. The molecule has 0 spiro atoms. The van der Waals surface area contributed by atoms with Gasteiger partial charge in [0.15, 0.2) is 0 Å². The molecule has 2 N–H and O–H groups in total. The third kappa shape index (κ3) is 2.51. The zero-order valence-electron chi connectivity index (χ0n) is 11.2. The summed E-state index contributed by atoms with van der Waals surface area (Å²) >= 11 is 0. The molecule has 0 bridgehead atoms. The van der Waals surface area contributed by atoms with Crippen LogP contribution in [0.3, 0.4) is 0 Å². The Hall–Kier alpha value is -1.09. The molecule has 0 heterocycles. The molecule has 2 rings (SSSR count). The molecular weight excluding hydrogens is 229 g/mol. The predicted octanol–water partition coefficient (Wildman–Crippen LogP) is 3.49. The Bertz CT molecular complexity index is 401. The minimum atomic E-state index is -0.269. The molecule has 2 unspecified atom stereocenters. The number of benzene rings is 1. The Morgan fingerprint density at radius 2 is 2.22 bits per heavy atom. The summed E-state index contributed by atoms with van der Waals surface area (Å²) in [5.74, 6) is 0.239. The number of halogens is 1. The van der Waals surface area contributed by atoms with Gasteiger partial charge in [-0.05, 0) is 49.4 Å². The quantitative estimate of drug-likeness (QED) is 0.858. The van der Waals surface area contributed by atoms with Crippen molar-refractivity contribution in [3.05, 3.63) is 29.6 Å². The lowest BCUT2D eigenvalue weighted by molar-refractivity contribution is 0.174. The largest absolute Gasteiger partial charge is 0.394 e. The van der Waals surface area contributed by atoms with Crippen LogP contribution >= 0.6 is 0 Å². The van der Waals surface area contributed by atoms with Gasteiger partial charge < -0.3 is 10.4 Å². The van der Waals surface area contributed by atoms with Crippen molar-refractivity contribution in [2.75, 3.05) is 11.9 Å². The van der Waals surface area contributed by atoms with Crippen molar-refractivity contribution in [1.82, 2.24) is 0 Å². The molecule has 0 aromatic heterocycles. The van der Waals surface area contributed by atoms with Crippen LogP contribution in [0.4, 0.5) is 10.1 Å². The van der Waals surface area contributed by atoms with Gasteiger partial charge in [0.25, 0.3) is 0 Å². The number of rotatable bonds is 4. The maximum absolute atomic E-state index is 13.4. The Balaban J connectivity index is 2.24. The summed E-state index contributed by atoms with van der Waals surface area (Å²) in [5.41, 5.74) is 1.41. The van der Waals surface area contributed by atoms with E-state index in [1.807, 2.05) is 13.0 Å². The summed E-state index contributed by atoms with van der Waals surface area (Å²) in [4.78, 5) is 0. The van der Waals surface area contributed by atoms with Crippen LogP contribution in [0.2, 0.25) is 0 Å². The predicted molar refractivity (Wildman–Crippen MR) is 72.2 cm³/mol. The van der Waals surface area contributed by atoms with Crippen LogP contribution in [-0.4, -0.2) is 17.3 Å². The molecule has 1 fully saturated rings. The van der Waals surface area contributed by atoms with E-state index in [4.69, 9.17) is 0 Å². The van der Waals surface area contributed by atoms with E-state index in [0.717, 1.165) is 36.9 Å². The summed E-state index contributed by atoms with van der Waals surface area (Å²) in [7, 11) is 0. The van der Waals surface area contributed by atoms with Crippen molar-refractivity contribution < 1.29 is 9.50 Å². The summed E-state index contributed by atoms with van der Waals surface area (Å²) in [6.07, 6.45) is 4.26. The molecule has 1 aliphatic rings. The summed E-state index contributed by atoms with van der Waals surface area (Å²) < 4.78 is 13.4. The second-order valence-corrected chi connectivity index (χ2v) is 5.45. The van der Waals surface area contributed by atoms with Crippen molar-refractivity contribution in [2.24, 2.45) is 5.92 Å². The first-order valence-electron chi connectivity index (χ1n) is 6.76. The van der Waals surface area contributed by atoms with E-state index in [9.17, 15) is 9.50 Å². The minimum absolute atomic E-state index is 0.112. The van der Waals surface area contributed by atoms with Gasteiger partial charge in [0.1, 0.15) is 5.82 Å². The highest BCUT2D eigenvalue weighted by Gasteiger charge is 2.41. The fourth-order valence-electron chi connectivity index (χ4n) is 3.25. The van der Waals surface area contributed by atoms with Gasteiger partial charge in [-0.15, -0.1) is 0 Å². The molecule has 0 amide bonds. The first kappa shape index (κ1) is 13.3. The normalized spacial score (nSPS) is 27.4. The van der Waals surface area contributed by atoms with Crippen LogP contribution in [-0.2, 0) is 0 Å². The van der Waals surface area contributed by atoms with E-state index >= 15 is 0 Å². The molecule has 0 saturated heterocycles. The molecule has 1 aromatic carbocycles. The van der Waals surface area contributed by atoms with Crippen molar-refractivity contribution in [3.63, 3.8) is 0 Å². The first-order chi connectivity index (χ1) is 8.59. The molecule has 2 atom stereocenters. The maximum atomic E-state index is 13.4. The molecular formula is C15H22FNO. The van der Waals surface area contributed by atoms with Crippen molar-refractivity contribution in [3.8, 4) is 0 Å². The lowest BCUT2D eigenvalue weighted by Gasteiger charge is -2.35. The summed E-state index contributed by atoms with van der Waals surface area (Å²) in [6.45, 7) is 4.14. The molecule has 1 saturated carbocycles. The van der Waals surface area contributed by atoms with Crippen molar-refractivity contribution in [2.45, 2.75) is 45.1 Å². The van der Waals surface area contributed by atoms with Gasteiger partial charge >= 0.3 is 0 Å². The molecule has 3 heteroatoms. The molecule has 1 aromatic rings. The van der Waals surface area contributed by atoms with Crippen LogP contribution in [0.5, 0.6) is 0 Å². The van der Waals surface area contributed by atoms with Gasteiger partial charge in [-0.25, -0.2) is 4.39 Å². The number of aliphatic hydroxyl groups excluding tert-OH is 1. The molecule has 1 aliphatic carbocycles. The highest BCUT2D eigenvalue weighted by molar-refractivity contribution is 5.48. The highest BCUT2D eigenvalue weighted by atomic mass is 19.1. The van der Waals surface area contributed by atoms with Gasteiger partial charge in [0, 0.05) is 5.69 Å². The van der Waals surface area contributed by atoms with Crippen LogP contribution in [0.1, 0.15) is 38.2 Å². The average Bonchev–Trinajstić information content (AvgIpc) is 2.71. The lowest BCUT2D eigenvalue weighted by Crippen LogP contribution is -2.45. The van der Waals surface area contributed by atoms with E-state index in [1.54, 1.807) is 0 Å². The fourth-order valence-corrected chi connectivity index (χ4v) is 3.25. The summed E-state index contributed by atoms with van der Waals surface area (Å²) in [5, 5.41) is 13.2. The third-order valence-electron chi connectivity index (χ3n) is 4.17. The zero-order valence-corrected chi connectivity index (χ0v) is 11.2. The van der Waals surface area contributed by atoms with Crippen LogP contribution in [0, 0.1) is 18.7 Å². The Kier molecular flexibility index (Phi) is 3.91. The number of aliphatic hydroxyl groups is 1. The highest BCUT2D eigenvalue weighted by Crippen LogP contribution is 2.40. The minimum Gasteiger partial charge on any atom is -0.394 e. The number of hydrogen-bond acceptors (Lipinski definition) is 2. The van der Waals surface area contributed by atoms with Gasteiger partial charge in [-0.2, -0.15) is 0 Å². The smallest absolute Gasteiger partial charge is 0.125 e. The monoisotopic (exact) mass is 251 g/mol. The molecule has 18 heavy (non-hydrogen) atoms. The van der Waals surface area contributed by atoms with Gasteiger partial charge in [-0.1, -0.05) is 19.8 Å². The topological polar surface area (TPSA) is 32.3 Å². The van der Waals surface area contributed by atoms with E-state index < -0.39 is 0 Å². The molecule has 0 radical (unpaired) electrons. The van der Waals surface area contributed by atoms with Crippen LogP contribution < -0.4 is 5.32 Å². The fraction of sp³-hybridized carbons (Fsp3) is 0.600. The zero-order chi connectivity index (χ0) is 13.2. The lowest BCUT2D eigenvalue weighted by atomic mass is 9.85. The van der Waals surface area contributed by atoms with E-state index in [1.165, 1.54) is 12.1 Å². The van der Waals surface area contributed by atoms with E-state index in [0.29, 0.717) is 5.92 Å². The van der Waals surface area contributed by atoms with Crippen LogP contribution in [0.15, 0.2) is 18.2 Å². The first-order valence-corrected chi connectivity index (χ1v) is 6.76. The molecule has 2 nitrogen and oxygen atoms in total. The van der Waals surface area contributed by atoms with Gasteiger partial charge in [0.05, 0.1) is 12.1 Å². The van der Waals surface area contributed by atoms with E-state index in [2.05, 4.69) is 12.2 Å². The van der Waals surface area contributed by atoms with Crippen LogP contribution in [0.25, 0.3) is 0 Å². The number of anilines is 1. The molecule has 0 aliphatic heterocycles. The van der Waals surface area contributed by atoms with Crippen molar-refractivity contribution in [1.29, 1.82) is 0 Å². The van der Waals surface area contributed by atoms with Gasteiger partial charge in [0.2, 0.25) is 0 Å². The number of hydrogen-bond donors (Lipinski definition) is 2. The molecule has 100 valence electrons. The Morgan fingerprint density at radius 3 is 2.83 bits per heavy atom. The number of nitrogens with one attached hydrogen (secondary N) is 1. The average molecular weight is 251 g/mol. The maximum Gasteiger partial charge on any atom is 0.125 e. The second kappa shape index (κ2) is 5.27. The van der Waals surface area contributed by atoms with E-state index in [-0.39, 0.29) is 18.0 Å². The number of aryl methyl sites for hydroxylation is 1. The van der Waals surface area contributed by atoms with Crippen molar-refractivity contribution >= 4 is 5.69 Å². The summed E-state index contributed by atoms with van der Waals surface area (Å²) in [6, 6.07) is 4.96. The SMILES string of the molecule is CCC1CCCC1(CO)Nc1cc(C)cc(F)c1. The standard InChI is InChI=1S/C15H22FNO/c1-3-12-5-4-6-15(12,10-18)17-14-8-11(2)7-13(16)9-14/h7-9,12,17-18H,3-6,10H2,1-2H3. The Morgan fingerprint density at radius 1 is 1.44 bits per heavy atom.